The number of aromatic nitrogens is 3. The highest BCUT2D eigenvalue weighted by molar-refractivity contribution is 7.88. The molecule has 1 saturated carbocycles. The maximum absolute atomic E-state index is 13.2. The molecule has 2 aromatic heterocycles. The van der Waals surface area contributed by atoms with Gasteiger partial charge in [-0.3, -0.25) is 9.59 Å². The highest BCUT2D eigenvalue weighted by atomic mass is 32.2. The summed E-state index contributed by atoms with van der Waals surface area (Å²) in [5, 5.41) is 5.93. The molecule has 1 aliphatic carbocycles. The van der Waals surface area contributed by atoms with Crippen LogP contribution in [0.1, 0.15) is 50.6 Å². The Labute approximate surface area is 232 Å². The van der Waals surface area contributed by atoms with Crippen LogP contribution < -0.4 is 15.4 Å². The van der Waals surface area contributed by atoms with Crippen molar-refractivity contribution in [1.29, 1.82) is 0 Å². The SMILES string of the molecule is CC(Oc1nc(-c2ccc3c(c2)NC(=O)C32CCN(S(C)(=O)=O)CC2)cc2ncn(C3CC3)c12)C1CNC(=O)C1. The molecular weight excluding hydrogens is 532 g/mol. The molecule has 12 heteroatoms. The van der Waals surface area contributed by atoms with Gasteiger partial charge >= 0.3 is 0 Å². The molecule has 210 valence electrons. The van der Waals surface area contributed by atoms with E-state index in [1.807, 2.05) is 37.5 Å². The summed E-state index contributed by atoms with van der Waals surface area (Å²) in [7, 11) is -3.30. The number of sulfonamides is 1. The lowest BCUT2D eigenvalue weighted by atomic mass is 9.74. The molecule has 2 amide bonds. The standard InChI is InChI=1S/C28H32N6O5S/c1-16(18-12-24(35)29-14-18)39-26-25-23(30-15-34(25)19-4-5-19)13-21(31-26)17-3-6-20-22(11-17)32-27(36)28(20)7-9-33(10-8-28)40(2,37)38/h3,6,11,13,15-16,18-19H,4-5,7-10,12,14H2,1-2H3,(H,29,35)(H,32,36). The molecule has 7 rings (SSSR count). The zero-order valence-electron chi connectivity index (χ0n) is 22.5. The number of benzene rings is 1. The number of nitrogens with one attached hydrogen (secondary N) is 2. The second-order valence-corrected chi connectivity index (χ2v) is 13.6. The number of carbonyl (C=O) groups is 2. The summed E-state index contributed by atoms with van der Waals surface area (Å²) in [5.41, 5.74) is 4.05. The van der Waals surface area contributed by atoms with Crippen molar-refractivity contribution in [2.24, 2.45) is 5.92 Å². The molecular formula is C28H32N6O5S. The van der Waals surface area contributed by atoms with Crippen LogP contribution in [0.25, 0.3) is 22.3 Å². The first-order valence-corrected chi connectivity index (χ1v) is 15.7. The van der Waals surface area contributed by atoms with Gasteiger partial charge in [-0.1, -0.05) is 12.1 Å². The molecule has 3 fully saturated rings. The maximum Gasteiger partial charge on any atom is 0.241 e. The summed E-state index contributed by atoms with van der Waals surface area (Å²) >= 11 is 0. The summed E-state index contributed by atoms with van der Waals surface area (Å²) in [5.74, 6) is 0.510. The third kappa shape index (κ3) is 4.15. The lowest BCUT2D eigenvalue weighted by Crippen LogP contribution is -2.47. The Morgan fingerprint density at radius 2 is 1.93 bits per heavy atom. The minimum absolute atomic E-state index is 0.0373. The first kappa shape index (κ1) is 25.5. The number of hydrogen-bond acceptors (Lipinski definition) is 7. The topological polar surface area (TPSA) is 136 Å². The molecule has 1 aromatic carbocycles. The minimum atomic E-state index is -3.30. The summed E-state index contributed by atoms with van der Waals surface area (Å²) < 4.78 is 34.1. The van der Waals surface area contributed by atoms with Gasteiger partial charge < -0.3 is 19.9 Å². The molecule has 2 atom stereocenters. The van der Waals surface area contributed by atoms with Gasteiger partial charge in [-0.2, -0.15) is 0 Å². The predicted molar refractivity (Wildman–Crippen MR) is 148 cm³/mol. The molecule has 0 bridgehead atoms. The fourth-order valence-electron chi connectivity index (χ4n) is 6.40. The number of amides is 2. The van der Waals surface area contributed by atoms with E-state index in [1.165, 1.54) is 10.6 Å². The van der Waals surface area contributed by atoms with Crippen LogP contribution in [0.3, 0.4) is 0 Å². The van der Waals surface area contributed by atoms with Crippen LogP contribution >= 0.6 is 0 Å². The zero-order chi connectivity index (χ0) is 27.8. The van der Waals surface area contributed by atoms with Gasteiger partial charge in [0.2, 0.25) is 27.7 Å². The van der Waals surface area contributed by atoms with Crippen molar-refractivity contribution in [3.63, 3.8) is 0 Å². The van der Waals surface area contributed by atoms with Crippen LogP contribution in [-0.2, 0) is 25.0 Å². The molecule has 3 aromatic rings. The minimum Gasteiger partial charge on any atom is -0.473 e. The van der Waals surface area contributed by atoms with E-state index in [4.69, 9.17) is 9.72 Å². The number of anilines is 1. The van der Waals surface area contributed by atoms with Crippen molar-refractivity contribution in [3.8, 4) is 17.1 Å². The van der Waals surface area contributed by atoms with Crippen LogP contribution in [0, 0.1) is 5.92 Å². The number of ether oxygens (including phenoxy) is 1. The summed E-state index contributed by atoms with van der Waals surface area (Å²) in [4.78, 5) is 34.7. The van der Waals surface area contributed by atoms with Crippen molar-refractivity contribution in [2.75, 3.05) is 31.2 Å². The lowest BCUT2D eigenvalue weighted by Gasteiger charge is -2.36. The van der Waals surface area contributed by atoms with Gasteiger partial charge in [0, 0.05) is 49.3 Å². The number of piperidine rings is 1. The average Bonchev–Trinajstić information content (AvgIpc) is 3.42. The Morgan fingerprint density at radius 1 is 1.15 bits per heavy atom. The van der Waals surface area contributed by atoms with Gasteiger partial charge in [0.1, 0.15) is 11.6 Å². The van der Waals surface area contributed by atoms with E-state index in [0.29, 0.717) is 56.5 Å². The third-order valence-electron chi connectivity index (χ3n) is 8.99. The van der Waals surface area contributed by atoms with E-state index in [0.717, 1.165) is 40.7 Å². The fraction of sp³-hybridized carbons (Fsp3) is 0.500. The van der Waals surface area contributed by atoms with E-state index < -0.39 is 15.4 Å². The van der Waals surface area contributed by atoms with Crippen molar-refractivity contribution in [3.05, 3.63) is 36.2 Å². The van der Waals surface area contributed by atoms with Crippen molar-refractivity contribution >= 4 is 38.6 Å². The highest BCUT2D eigenvalue weighted by Crippen LogP contribution is 2.47. The van der Waals surface area contributed by atoms with E-state index >= 15 is 0 Å². The smallest absolute Gasteiger partial charge is 0.241 e. The molecule has 11 nitrogen and oxygen atoms in total. The normalized spacial score (nSPS) is 23.3. The van der Waals surface area contributed by atoms with Crippen LogP contribution in [0.15, 0.2) is 30.6 Å². The Balaban J connectivity index is 1.23. The van der Waals surface area contributed by atoms with Crippen LogP contribution in [-0.4, -0.2) is 71.1 Å². The van der Waals surface area contributed by atoms with Crippen LogP contribution in [0.2, 0.25) is 0 Å². The summed E-state index contributed by atoms with van der Waals surface area (Å²) in [6.07, 6.45) is 6.34. The van der Waals surface area contributed by atoms with E-state index in [2.05, 4.69) is 20.2 Å². The Kier molecular flexibility index (Phi) is 5.73. The zero-order valence-corrected chi connectivity index (χ0v) is 23.3. The van der Waals surface area contributed by atoms with Crippen LogP contribution in [0.5, 0.6) is 5.88 Å². The summed E-state index contributed by atoms with van der Waals surface area (Å²) in [6.45, 7) is 3.19. The van der Waals surface area contributed by atoms with Gasteiger partial charge in [-0.15, -0.1) is 0 Å². The van der Waals surface area contributed by atoms with Gasteiger partial charge in [-0.05, 0) is 50.3 Å². The third-order valence-corrected chi connectivity index (χ3v) is 10.3. The van der Waals surface area contributed by atoms with E-state index in [-0.39, 0.29) is 23.8 Å². The molecule has 2 N–H and O–H groups in total. The second kappa shape index (κ2) is 9.00. The first-order valence-electron chi connectivity index (χ1n) is 13.8. The van der Waals surface area contributed by atoms with Gasteiger partial charge in [-0.25, -0.2) is 22.7 Å². The lowest BCUT2D eigenvalue weighted by molar-refractivity contribution is -0.122. The van der Waals surface area contributed by atoms with E-state index in [9.17, 15) is 18.0 Å². The number of carbonyl (C=O) groups excluding carboxylic acids is 2. The van der Waals surface area contributed by atoms with Crippen molar-refractivity contribution in [2.45, 2.75) is 56.6 Å². The Morgan fingerprint density at radius 3 is 2.60 bits per heavy atom. The molecule has 40 heavy (non-hydrogen) atoms. The highest BCUT2D eigenvalue weighted by Gasteiger charge is 2.49. The fourth-order valence-corrected chi connectivity index (χ4v) is 7.25. The molecule has 0 radical (unpaired) electrons. The summed E-state index contributed by atoms with van der Waals surface area (Å²) in [6, 6.07) is 8.20. The van der Waals surface area contributed by atoms with Crippen molar-refractivity contribution < 1.29 is 22.7 Å². The van der Waals surface area contributed by atoms with Gasteiger partial charge in [0.25, 0.3) is 0 Å². The van der Waals surface area contributed by atoms with E-state index in [1.54, 1.807) is 0 Å². The Hall–Kier alpha value is -3.51. The molecule has 4 aliphatic rings. The van der Waals surface area contributed by atoms with Gasteiger partial charge in [0.15, 0.2) is 0 Å². The number of nitrogens with zero attached hydrogens (tertiary/aromatic N) is 4. The number of hydrogen-bond donors (Lipinski definition) is 2. The molecule has 5 heterocycles. The maximum atomic E-state index is 13.2. The number of imidazole rings is 1. The average molecular weight is 565 g/mol. The Bertz CT molecular complexity index is 1650. The monoisotopic (exact) mass is 564 g/mol. The predicted octanol–water partition coefficient (Wildman–Crippen LogP) is 2.58. The quantitative estimate of drug-likeness (QED) is 0.470. The number of rotatable bonds is 6. The van der Waals surface area contributed by atoms with Crippen molar-refractivity contribution in [1.82, 2.24) is 24.2 Å². The van der Waals surface area contributed by atoms with Crippen LogP contribution in [0.4, 0.5) is 5.69 Å². The molecule has 2 saturated heterocycles. The molecule has 1 spiro atoms. The first-order chi connectivity index (χ1) is 19.1. The number of pyridine rings is 1. The van der Waals surface area contributed by atoms with Gasteiger partial charge in [0.05, 0.1) is 29.2 Å². The molecule has 3 aliphatic heterocycles. The number of fused-ring (bicyclic) bond motifs is 3. The largest absolute Gasteiger partial charge is 0.473 e. The second-order valence-electron chi connectivity index (χ2n) is 11.6. The molecule has 2 unspecified atom stereocenters.